The van der Waals surface area contributed by atoms with Crippen molar-refractivity contribution in [1.82, 2.24) is 14.7 Å². The molecule has 7 nitrogen and oxygen atoms in total. The molecule has 0 radical (unpaired) electrons. The summed E-state index contributed by atoms with van der Waals surface area (Å²) in [5.41, 5.74) is 0.865. The summed E-state index contributed by atoms with van der Waals surface area (Å²) in [5.74, 6) is -0.895. The number of ether oxygens (including phenoxy) is 2. The Hall–Kier alpha value is -2.38. The number of carbonyl (C=O) groups excluding carboxylic acids is 2. The summed E-state index contributed by atoms with van der Waals surface area (Å²) in [6.45, 7) is 0.384. The molecule has 1 amide bonds. The molecule has 0 aliphatic rings. The smallest absolute Gasteiger partial charge is 0.325 e. The zero-order valence-corrected chi connectivity index (χ0v) is 14.2. The van der Waals surface area contributed by atoms with Gasteiger partial charge in [-0.05, 0) is 18.2 Å². The number of hydrogen-bond donors (Lipinski definition) is 0. The SMILES string of the molecule is COCCN(CC(=O)OC)C(=O)c1ccn(-c2ccccc2Cl)n1. The molecule has 1 aromatic carbocycles. The van der Waals surface area contributed by atoms with E-state index < -0.39 is 5.97 Å². The van der Waals surface area contributed by atoms with E-state index >= 15 is 0 Å². The first-order chi connectivity index (χ1) is 11.6. The van der Waals surface area contributed by atoms with Gasteiger partial charge in [0.05, 0.1) is 24.4 Å². The molecule has 0 aliphatic heterocycles. The molecule has 0 spiro atoms. The summed E-state index contributed by atoms with van der Waals surface area (Å²) < 4.78 is 11.1. The van der Waals surface area contributed by atoms with E-state index in [1.54, 1.807) is 24.4 Å². The largest absolute Gasteiger partial charge is 0.468 e. The minimum Gasteiger partial charge on any atom is -0.468 e. The first-order valence-corrected chi connectivity index (χ1v) is 7.60. The minimum atomic E-state index is -0.509. The molecule has 0 unspecified atom stereocenters. The average molecular weight is 352 g/mol. The Morgan fingerprint density at radius 1 is 1.25 bits per heavy atom. The van der Waals surface area contributed by atoms with Crippen LogP contribution >= 0.6 is 11.6 Å². The second kappa shape index (κ2) is 8.47. The quantitative estimate of drug-likeness (QED) is 0.711. The van der Waals surface area contributed by atoms with Crippen LogP contribution < -0.4 is 0 Å². The molecule has 0 aliphatic carbocycles. The van der Waals surface area contributed by atoms with Crippen LogP contribution in [0.2, 0.25) is 5.02 Å². The maximum atomic E-state index is 12.6. The fraction of sp³-hybridized carbons (Fsp3) is 0.312. The van der Waals surface area contributed by atoms with Gasteiger partial charge in [0, 0.05) is 19.9 Å². The van der Waals surface area contributed by atoms with Crippen molar-refractivity contribution in [2.75, 3.05) is 33.9 Å². The number of benzene rings is 1. The zero-order chi connectivity index (χ0) is 17.5. The molecule has 0 atom stereocenters. The molecule has 0 bridgehead atoms. The van der Waals surface area contributed by atoms with Gasteiger partial charge in [-0.1, -0.05) is 23.7 Å². The van der Waals surface area contributed by atoms with Gasteiger partial charge in [-0.2, -0.15) is 5.10 Å². The van der Waals surface area contributed by atoms with Crippen LogP contribution in [0.3, 0.4) is 0 Å². The lowest BCUT2D eigenvalue weighted by molar-refractivity contribution is -0.141. The molecule has 1 aromatic heterocycles. The number of aromatic nitrogens is 2. The Labute approximate surface area is 144 Å². The molecule has 24 heavy (non-hydrogen) atoms. The summed E-state index contributed by atoms with van der Waals surface area (Å²) in [6, 6.07) is 8.74. The van der Waals surface area contributed by atoms with Crippen molar-refractivity contribution < 1.29 is 19.1 Å². The minimum absolute atomic E-state index is 0.169. The molecular weight excluding hydrogens is 334 g/mol. The second-order valence-corrected chi connectivity index (χ2v) is 5.30. The second-order valence-electron chi connectivity index (χ2n) is 4.89. The van der Waals surface area contributed by atoms with Gasteiger partial charge in [-0.3, -0.25) is 9.59 Å². The third-order valence-electron chi connectivity index (χ3n) is 3.31. The normalized spacial score (nSPS) is 10.5. The summed E-state index contributed by atoms with van der Waals surface area (Å²) >= 11 is 6.13. The Morgan fingerprint density at radius 2 is 2.00 bits per heavy atom. The first-order valence-electron chi connectivity index (χ1n) is 7.22. The van der Waals surface area contributed by atoms with Crippen molar-refractivity contribution in [2.24, 2.45) is 0 Å². The van der Waals surface area contributed by atoms with Crippen molar-refractivity contribution in [1.29, 1.82) is 0 Å². The third kappa shape index (κ3) is 4.33. The van der Waals surface area contributed by atoms with E-state index in [-0.39, 0.29) is 24.7 Å². The Bertz CT molecular complexity index is 717. The predicted molar refractivity (Wildman–Crippen MR) is 88.4 cm³/mol. The van der Waals surface area contributed by atoms with E-state index in [0.717, 1.165) is 0 Å². The lowest BCUT2D eigenvalue weighted by Gasteiger charge is -2.19. The number of carbonyl (C=O) groups is 2. The van der Waals surface area contributed by atoms with Crippen LogP contribution in [-0.4, -0.2) is 60.5 Å². The number of nitrogens with zero attached hydrogens (tertiary/aromatic N) is 3. The molecule has 1 heterocycles. The summed E-state index contributed by atoms with van der Waals surface area (Å²) in [5, 5.41) is 4.77. The molecule has 0 N–H and O–H groups in total. The lowest BCUT2D eigenvalue weighted by atomic mass is 10.3. The summed E-state index contributed by atoms with van der Waals surface area (Å²) in [7, 11) is 2.79. The van der Waals surface area contributed by atoms with Crippen LogP contribution in [0.25, 0.3) is 5.69 Å². The lowest BCUT2D eigenvalue weighted by Crippen LogP contribution is -2.38. The number of esters is 1. The predicted octanol–water partition coefficient (Wildman–Crippen LogP) is 1.79. The number of rotatable bonds is 7. The van der Waals surface area contributed by atoms with E-state index in [2.05, 4.69) is 9.84 Å². The molecule has 2 rings (SSSR count). The maximum Gasteiger partial charge on any atom is 0.325 e. The van der Waals surface area contributed by atoms with E-state index in [4.69, 9.17) is 16.3 Å². The van der Waals surface area contributed by atoms with Crippen molar-refractivity contribution in [3.05, 3.63) is 47.2 Å². The maximum absolute atomic E-state index is 12.6. The highest BCUT2D eigenvalue weighted by Gasteiger charge is 2.21. The van der Waals surface area contributed by atoms with E-state index in [1.807, 2.05) is 12.1 Å². The Balaban J connectivity index is 2.21. The monoisotopic (exact) mass is 351 g/mol. The molecule has 0 fully saturated rings. The molecule has 2 aromatic rings. The molecule has 0 saturated heterocycles. The Kier molecular flexibility index (Phi) is 6.34. The van der Waals surface area contributed by atoms with Gasteiger partial charge >= 0.3 is 5.97 Å². The van der Waals surface area contributed by atoms with Crippen LogP contribution in [0.1, 0.15) is 10.5 Å². The molecule has 128 valence electrons. The molecular formula is C16H18ClN3O4. The first kappa shape index (κ1) is 18.0. The number of hydrogen-bond acceptors (Lipinski definition) is 5. The van der Waals surface area contributed by atoms with Gasteiger partial charge in [-0.15, -0.1) is 0 Å². The van der Waals surface area contributed by atoms with Crippen molar-refractivity contribution in [2.45, 2.75) is 0 Å². The van der Waals surface area contributed by atoms with Gasteiger partial charge in [0.1, 0.15) is 6.54 Å². The zero-order valence-electron chi connectivity index (χ0n) is 13.4. The van der Waals surface area contributed by atoms with Crippen LogP contribution in [0.5, 0.6) is 0 Å². The van der Waals surface area contributed by atoms with Crippen molar-refractivity contribution in [3.63, 3.8) is 0 Å². The summed E-state index contributed by atoms with van der Waals surface area (Å²) in [4.78, 5) is 25.4. The highest BCUT2D eigenvalue weighted by Crippen LogP contribution is 2.19. The topological polar surface area (TPSA) is 73.7 Å². The van der Waals surface area contributed by atoms with Crippen molar-refractivity contribution >= 4 is 23.5 Å². The molecule has 8 heteroatoms. The van der Waals surface area contributed by atoms with Crippen LogP contribution in [0.4, 0.5) is 0 Å². The highest BCUT2D eigenvalue weighted by molar-refractivity contribution is 6.32. The fourth-order valence-electron chi connectivity index (χ4n) is 2.05. The van der Waals surface area contributed by atoms with Crippen LogP contribution in [0, 0.1) is 0 Å². The molecule has 0 saturated carbocycles. The fourth-order valence-corrected chi connectivity index (χ4v) is 2.27. The van der Waals surface area contributed by atoms with E-state index in [9.17, 15) is 9.59 Å². The van der Waals surface area contributed by atoms with E-state index in [0.29, 0.717) is 17.3 Å². The standard InChI is InChI=1S/C16H18ClN3O4/c1-23-10-9-19(11-15(21)24-2)16(22)13-7-8-20(18-13)14-6-4-3-5-12(14)17/h3-8H,9-11H2,1-2H3. The highest BCUT2D eigenvalue weighted by atomic mass is 35.5. The summed E-state index contributed by atoms with van der Waals surface area (Å²) in [6.07, 6.45) is 1.64. The van der Waals surface area contributed by atoms with Crippen LogP contribution in [0.15, 0.2) is 36.5 Å². The van der Waals surface area contributed by atoms with Crippen LogP contribution in [-0.2, 0) is 14.3 Å². The van der Waals surface area contributed by atoms with E-state index in [1.165, 1.54) is 23.8 Å². The van der Waals surface area contributed by atoms with Gasteiger partial charge in [0.2, 0.25) is 0 Å². The van der Waals surface area contributed by atoms with Gasteiger partial charge < -0.3 is 14.4 Å². The average Bonchev–Trinajstić information content (AvgIpc) is 3.07. The van der Waals surface area contributed by atoms with Gasteiger partial charge in [0.15, 0.2) is 5.69 Å². The number of halogens is 1. The van der Waals surface area contributed by atoms with Gasteiger partial charge in [0.25, 0.3) is 5.91 Å². The third-order valence-corrected chi connectivity index (χ3v) is 3.63. The Morgan fingerprint density at radius 3 is 2.67 bits per heavy atom. The van der Waals surface area contributed by atoms with Gasteiger partial charge in [-0.25, -0.2) is 4.68 Å². The number of para-hydroxylation sites is 1. The number of amides is 1. The van der Waals surface area contributed by atoms with Crippen molar-refractivity contribution in [3.8, 4) is 5.69 Å². The number of methoxy groups -OCH3 is 2.